The van der Waals surface area contributed by atoms with Gasteiger partial charge in [-0.1, -0.05) is 6.07 Å². The number of carbonyl (C=O) groups excluding carboxylic acids is 1. The van der Waals surface area contributed by atoms with Crippen molar-refractivity contribution < 1.29 is 27.9 Å². The van der Waals surface area contributed by atoms with E-state index in [4.69, 9.17) is 0 Å². The van der Waals surface area contributed by atoms with Crippen molar-refractivity contribution in [3.05, 3.63) is 57.7 Å². The summed E-state index contributed by atoms with van der Waals surface area (Å²) in [7, 11) is 0. The van der Waals surface area contributed by atoms with Crippen LogP contribution in [0.5, 0.6) is 0 Å². The number of hydrogen-bond donors (Lipinski definition) is 4. The first-order valence-corrected chi connectivity index (χ1v) is 11.7. The molecule has 0 aliphatic rings. The van der Waals surface area contributed by atoms with E-state index < -0.39 is 23.7 Å². The molecule has 0 spiro atoms. The number of carboxylic acid groups (broad SMARTS) is 1. The Morgan fingerprint density at radius 3 is 2.66 bits per heavy atom. The number of aromatic nitrogens is 3. The Balaban J connectivity index is 1.34. The van der Waals surface area contributed by atoms with Crippen LogP contribution in [0.4, 0.5) is 34.6 Å². The zero-order valence-electron chi connectivity index (χ0n) is 17.9. The van der Waals surface area contributed by atoms with Crippen LogP contribution in [-0.4, -0.2) is 38.6 Å². The van der Waals surface area contributed by atoms with Crippen LogP contribution in [0.3, 0.4) is 0 Å². The van der Waals surface area contributed by atoms with Gasteiger partial charge in [0, 0.05) is 29.7 Å². The highest BCUT2D eigenvalue weighted by Crippen LogP contribution is 2.33. The van der Waals surface area contributed by atoms with Gasteiger partial charge in [0.2, 0.25) is 0 Å². The average molecular weight is 523 g/mol. The van der Waals surface area contributed by atoms with Gasteiger partial charge in [-0.2, -0.15) is 13.2 Å². The molecule has 3 aromatic heterocycles. The number of urea groups is 1. The number of nitrogens with one attached hydrogen (secondary N) is 3. The number of nitrogens with zero attached hydrogens (tertiary/aromatic N) is 3. The molecule has 182 valence electrons. The van der Waals surface area contributed by atoms with Crippen LogP contribution in [0.15, 0.2) is 36.8 Å². The van der Waals surface area contributed by atoms with E-state index in [-0.39, 0.29) is 15.7 Å². The van der Waals surface area contributed by atoms with Crippen molar-refractivity contribution >= 4 is 61.5 Å². The number of benzene rings is 1. The Bertz CT molecular complexity index is 1400. The molecular formula is C21H17F3N6O3S2. The van der Waals surface area contributed by atoms with Gasteiger partial charge in [-0.25, -0.2) is 24.5 Å². The summed E-state index contributed by atoms with van der Waals surface area (Å²) in [6.07, 6.45) is -1.02. The van der Waals surface area contributed by atoms with Crippen molar-refractivity contribution in [3.8, 4) is 0 Å². The van der Waals surface area contributed by atoms with Crippen molar-refractivity contribution in [2.75, 3.05) is 22.5 Å². The zero-order chi connectivity index (χ0) is 25.2. The molecule has 1 aromatic carbocycles. The van der Waals surface area contributed by atoms with Gasteiger partial charge in [-0.3, -0.25) is 5.32 Å². The number of carbonyl (C=O) groups is 2. The Labute approximate surface area is 204 Å². The molecule has 0 aliphatic carbocycles. The number of thiophene rings is 1. The molecule has 4 aromatic rings. The molecule has 4 N–H and O–H groups in total. The largest absolute Gasteiger partial charge is 0.477 e. The van der Waals surface area contributed by atoms with Crippen LogP contribution in [0, 0.1) is 6.92 Å². The molecule has 0 saturated heterocycles. The van der Waals surface area contributed by atoms with E-state index >= 15 is 0 Å². The fraction of sp³-hybridized carbons (Fsp3) is 0.190. The fourth-order valence-corrected chi connectivity index (χ4v) is 5.02. The lowest BCUT2D eigenvalue weighted by Gasteiger charge is -2.09. The van der Waals surface area contributed by atoms with Gasteiger partial charge in [-0.05, 0) is 30.7 Å². The minimum atomic E-state index is -4.51. The topological polar surface area (TPSA) is 129 Å². The van der Waals surface area contributed by atoms with Gasteiger partial charge >= 0.3 is 18.2 Å². The number of carboxylic acids is 1. The summed E-state index contributed by atoms with van der Waals surface area (Å²) in [4.78, 5) is 37.7. The van der Waals surface area contributed by atoms with Crippen LogP contribution in [0.1, 0.15) is 25.7 Å². The first-order valence-electron chi connectivity index (χ1n) is 10.0. The van der Waals surface area contributed by atoms with Crippen LogP contribution in [0.2, 0.25) is 0 Å². The molecule has 0 radical (unpaired) electrons. The van der Waals surface area contributed by atoms with E-state index in [9.17, 15) is 27.9 Å². The normalized spacial score (nSPS) is 11.4. The minimum absolute atomic E-state index is 0.00393. The molecule has 4 rings (SSSR count). The highest BCUT2D eigenvalue weighted by molar-refractivity contribution is 7.20. The van der Waals surface area contributed by atoms with Crippen molar-refractivity contribution in [3.63, 3.8) is 0 Å². The number of anilines is 3. The molecule has 0 unspecified atom stereocenters. The number of hydrogen-bond acceptors (Lipinski definition) is 8. The Morgan fingerprint density at radius 1 is 1.11 bits per heavy atom. The Kier molecular flexibility index (Phi) is 6.84. The second kappa shape index (κ2) is 9.84. The fourth-order valence-electron chi connectivity index (χ4n) is 3.23. The molecule has 9 nitrogen and oxygen atoms in total. The number of thiazole rings is 1. The molecule has 0 fully saturated rings. The summed E-state index contributed by atoms with van der Waals surface area (Å²) in [5, 5.41) is 18.3. The number of alkyl halides is 3. The van der Waals surface area contributed by atoms with Crippen molar-refractivity contribution in [2.45, 2.75) is 19.5 Å². The summed E-state index contributed by atoms with van der Waals surface area (Å²) in [5.74, 6) is -0.488. The monoisotopic (exact) mass is 522 g/mol. The van der Waals surface area contributed by atoms with E-state index in [0.29, 0.717) is 34.6 Å². The summed E-state index contributed by atoms with van der Waals surface area (Å²) < 4.78 is 38.5. The highest BCUT2D eigenvalue weighted by Gasteiger charge is 2.30. The molecule has 0 aliphatic heterocycles. The molecule has 0 bridgehead atoms. The summed E-state index contributed by atoms with van der Waals surface area (Å²) in [5.41, 5.74) is -0.266. The average Bonchev–Trinajstić information content (AvgIpc) is 3.38. The van der Waals surface area contributed by atoms with Gasteiger partial charge in [0.05, 0.1) is 10.9 Å². The predicted octanol–water partition coefficient (Wildman–Crippen LogP) is 5.47. The lowest BCUT2D eigenvalue weighted by atomic mass is 10.2. The molecule has 0 saturated carbocycles. The summed E-state index contributed by atoms with van der Waals surface area (Å²) in [6, 6.07) is 3.61. The lowest BCUT2D eigenvalue weighted by molar-refractivity contribution is -0.137. The van der Waals surface area contributed by atoms with Crippen LogP contribution in [-0.2, 0) is 12.6 Å². The highest BCUT2D eigenvalue weighted by atomic mass is 32.1. The molecular weight excluding hydrogens is 505 g/mol. The molecule has 2 amide bonds. The van der Waals surface area contributed by atoms with Crippen LogP contribution in [0.25, 0.3) is 10.2 Å². The minimum Gasteiger partial charge on any atom is -0.477 e. The van der Waals surface area contributed by atoms with Crippen LogP contribution >= 0.6 is 22.7 Å². The quantitative estimate of drug-likeness (QED) is 0.253. The number of halogens is 3. The van der Waals surface area contributed by atoms with E-state index in [0.717, 1.165) is 28.3 Å². The number of amides is 2. The smallest absolute Gasteiger partial charge is 0.416 e. The zero-order valence-corrected chi connectivity index (χ0v) is 19.6. The molecule has 3 heterocycles. The Hall–Kier alpha value is -3.78. The third kappa shape index (κ3) is 5.66. The van der Waals surface area contributed by atoms with E-state index in [1.165, 1.54) is 29.8 Å². The predicted molar refractivity (Wildman–Crippen MR) is 128 cm³/mol. The number of fused-ring (bicyclic) bond motifs is 1. The van der Waals surface area contributed by atoms with E-state index in [1.807, 2.05) is 0 Å². The number of aromatic carboxylic acids is 1. The van der Waals surface area contributed by atoms with E-state index in [1.54, 1.807) is 13.1 Å². The number of aryl methyl sites for hydroxylation is 1. The third-order valence-electron chi connectivity index (χ3n) is 4.81. The van der Waals surface area contributed by atoms with Crippen molar-refractivity contribution in [1.29, 1.82) is 0 Å². The maximum atomic E-state index is 12.8. The standard InChI is InChI=1S/C21H17F3N6O3S2/c1-10-14-16(27-9-28-17(14)35-15(10)18(31)32)25-6-5-13-8-26-20(34-13)30-19(33)29-12-4-2-3-11(7-12)21(22,23)24/h2-4,7-9H,5-6H2,1H3,(H,31,32)(H,25,27,28)(H2,26,29,30,33). The van der Waals surface area contributed by atoms with Crippen molar-refractivity contribution in [2.24, 2.45) is 0 Å². The SMILES string of the molecule is Cc1c(C(=O)O)sc2ncnc(NCCc3cnc(NC(=O)Nc4cccc(C(F)(F)F)c4)s3)c12. The Morgan fingerprint density at radius 2 is 1.91 bits per heavy atom. The van der Waals surface area contributed by atoms with E-state index in [2.05, 4.69) is 30.9 Å². The third-order valence-corrected chi connectivity index (χ3v) is 6.97. The molecule has 35 heavy (non-hydrogen) atoms. The number of rotatable bonds is 7. The van der Waals surface area contributed by atoms with Gasteiger partial charge in [0.15, 0.2) is 5.13 Å². The summed E-state index contributed by atoms with van der Waals surface area (Å²) >= 11 is 2.30. The molecule has 14 heteroatoms. The second-order valence-corrected chi connectivity index (χ2v) is 9.34. The van der Waals surface area contributed by atoms with Crippen LogP contribution < -0.4 is 16.0 Å². The lowest BCUT2D eigenvalue weighted by Crippen LogP contribution is -2.19. The van der Waals surface area contributed by atoms with Gasteiger partial charge in [-0.15, -0.1) is 22.7 Å². The summed E-state index contributed by atoms with van der Waals surface area (Å²) in [6.45, 7) is 2.17. The first-order chi connectivity index (χ1) is 16.6. The molecule has 0 atom stereocenters. The van der Waals surface area contributed by atoms with Gasteiger partial charge in [0.25, 0.3) is 0 Å². The first kappa shape index (κ1) is 24.3. The second-order valence-electron chi connectivity index (χ2n) is 7.23. The maximum Gasteiger partial charge on any atom is 0.416 e. The van der Waals surface area contributed by atoms with Crippen molar-refractivity contribution in [1.82, 2.24) is 15.0 Å². The van der Waals surface area contributed by atoms with Gasteiger partial charge < -0.3 is 15.7 Å². The van der Waals surface area contributed by atoms with Gasteiger partial charge in [0.1, 0.15) is 21.9 Å². The maximum absolute atomic E-state index is 12.8.